The van der Waals surface area contributed by atoms with Crippen molar-refractivity contribution in [3.63, 3.8) is 0 Å². The summed E-state index contributed by atoms with van der Waals surface area (Å²) in [5, 5.41) is 8.98. The van der Waals surface area contributed by atoms with E-state index in [1.165, 1.54) is 4.90 Å². The molecule has 1 saturated heterocycles. The van der Waals surface area contributed by atoms with Crippen molar-refractivity contribution in [3.8, 4) is 0 Å². The number of rotatable bonds is 6. The largest absolute Gasteiger partial charge is 0.480 e. The predicted octanol–water partition coefficient (Wildman–Crippen LogP) is 1.84. The molecule has 1 rings (SSSR count). The fourth-order valence-electron chi connectivity index (χ4n) is 1.88. The van der Waals surface area contributed by atoms with Crippen molar-refractivity contribution < 1.29 is 14.7 Å². The zero-order valence-electron chi connectivity index (χ0n) is 10.5. The van der Waals surface area contributed by atoms with E-state index < -0.39 is 12.0 Å². The summed E-state index contributed by atoms with van der Waals surface area (Å²) in [6.07, 6.45) is 2.50. The number of hydrogen-bond acceptors (Lipinski definition) is 3. The number of hydrogen-bond donors (Lipinski definition) is 1. The van der Waals surface area contributed by atoms with Gasteiger partial charge in [0, 0.05) is 6.54 Å². The van der Waals surface area contributed by atoms with Gasteiger partial charge in [-0.15, -0.1) is 0 Å². The smallest absolute Gasteiger partial charge is 0.326 e. The lowest BCUT2D eigenvalue weighted by Crippen LogP contribution is -2.41. The Morgan fingerprint density at radius 3 is 2.76 bits per heavy atom. The van der Waals surface area contributed by atoms with Gasteiger partial charge in [0.1, 0.15) is 6.04 Å². The summed E-state index contributed by atoms with van der Waals surface area (Å²) in [5.41, 5.74) is 0. The number of thioether (sulfide) groups is 1. The molecule has 0 aliphatic carbocycles. The highest BCUT2D eigenvalue weighted by atomic mass is 32.2. The Morgan fingerprint density at radius 1 is 1.47 bits per heavy atom. The molecule has 1 amide bonds. The van der Waals surface area contributed by atoms with Crippen LogP contribution in [0, 0.1) is 5.92 Å². The van der Waals surface area contributed by atoms with Crippen LogP contribution < -0.4 is 0 Å². The predicted molar refractivity (Wildman–Crippen MR) is 69.2 cm³/mol. The molecule has 1 heterocycles. The Labute approximate surface area is 107 Å². The van der Waals surface area contributed by atoms with Gasteiger partial charge in [-0.2, -0.15) is 11.8 Å². The van der Waals surface area contributed by atoms with E-state index in [0.29, 0.717) is 24.6 Å². The van der Waals surface area contributed by atoms with Gasteiger partial charge in [-0.3, -0.25) is 4.79 Å². The van der Waals surface area contributed by atoms with E-state index in [0.717, 1.165) is 18.6 Å². The Kier molecular flexibility index (Phi) is 5.82. The number of aliphatic carboxylic acids is 1. The van der Waals surface area contributed by atoms with E-state index in [1.807, 2.05) is 0 Å². The van der Waals surface area contributed by atoms with E-state index in [9.17, 15) is 9.59 Å². The normalized spacial score (nSPS) is 19.9. The lowest BCUT2D eigenvalue weighted by Gasteiger charge is -2.21. The molecular weight excluding hydrogens is 238 g/mol. The third kappa shape index (κ3) is 4.58. The molecule has 0 spiro atoms. The van der Waals surface area contributed by atoms with Crippen LogP contribution in [0.5, 0.6) is 0 Å². The summed E-state index contributed by atoms with van der Waals surface area (Å²) < 4.78 is 0. The third-order valence-corrected chi connectivity index (χ3v) is 3.90. The first-order valence-corrected chi connectivity index (χ1v) is 7.28. The van der Waals surface area contributed by atoms with Gasteiger partial charge in [0.15, 0.2) is 0 Å². The maximum absolute atomic E-state index is 11.8. The number of carboxylic acid groups (broad SMARTS) is 1. The SMILES string of the molecule is CC(C)CCSCC(=O)N1CCCC1C(=O)O. The Morgan fingerprint density at radius 2 is 2.18 bits per heavy atom. The second kappa shape index (κ2) is 6.89. The maximum atomic E-state index is 11.8. The van der Waals surface area contributed by atoms with E-state index in [1.54, 1.807) is 11.8 Å². The summed E-state index contributed by atoms with van der Waals surface area (Å²) in [6.45, 7) is 4.91. The van der Waals surface area contributed by atoms with Crippen LogP contribution in [-0.4, -0.2) is 46.0 Å². The highest BCUT2D eigenvalue weighted by Crippen LogP contribution is 2.19. The van der Waals surface area contributed by atoms with Gasteiger partial charge in [-0.25, -0.2) is 4.79 Å². The molecule has 1 atom stereocenters. The van der Waals surface area contributed by atoms with Crippen LogP contribution in [0.1, 0.15) is 33.1 Å². The van der Waals surface area contributed by atoms with Crippen LogP contribution in [0.3, 0.4) is 0 Å². The molecule has 1 aliphatic heterocycles. The molecular formula is C12H21NO3S. The molecule has 4 nitrogen and oxygen atoms in total. The van der Waals surface area contributed by atoms with Gasteiger partial charge >= 0.3 is 5.97 Å². The molecule has 0 saturated carbocycles. The van der Waals surface area contributed by atoms with Crippen molar-refractivity contribution in [2.24, 2.45) is 5.92 Å². The molecule has 0 radical (unpaired) electrons. The van der Waals surface area contributed by atoms with Crippen LogP contribution in [0.2, 0.25) is 0 Å². The first-order valence-electron chi connectivity index (χ1n) is 6.12. The minimum absolute atomic E-state index is 0.0244. The monoisotopic (exact) mass is 259 g/mol. The molecule has 1 unspecified atom stereocenters. The maximum Gasteiger partial charge on any atom is 0.326 e. The zero-order chi connectivity index (χ0) is 12.8. The van der Waals surface area contributed by atoms with Gasteiger partial charge < -0.3 is 10.0 Å². The van der Waals surface area contributed by atoms with Crippen LogP contribution in [0.25, 0.3) is 0 Å². The second-order valence-corrected chi connectivity index (χ2v) is 5.92. The molecule has 17 heavy (non-hydrogen) atoms. The molecule has 1 fully saturated rings. The molecule has 1 N–H and O–H groups in total. The fourth-order valence-corrected chi connectivity index (χ4v) is 3.01. The van der Waals surface area contributed by atoms with Crippen molar-refractivity contribution in [2.75, 3.05) is 18.1 Å². The topological polar surface area (TPSA) is 57.6 Å². The summed E-state index contributed by atoms with van der Waals surface area (Å²) in [4.78, 5) is 24.3. The van der Waals surface area contributed by atoms with Crippen molar-refractivity contribution in [1.29, 1.82) is 0 Å². The van der Waals surface area contributed by atoms with Crippen molar-refractivity contribution in [2.45, 2.75) is 39.2 Å². The van der Waals surface area contributed by atoms with E-state index in [4.69, 9.17) is 5.11 Å². The number of nitrogens with zero attached hydrogens (tertiary/aromatic N) is 1. The highest BCUT2D eigenvalue weighted by molar-refractivity contribution is 7.99. The van der Waals surface area contributed by atoms with Crippen molar-refractivity contribution in [3.05, 3.63) is 0 Å². The second-order valence-electron chi connectivity index (χ2n) is 4.82. The number of carbonyl (C=O) groups excluding carboxylic acids is 1. The number of likely N-dealkylation sites (tertiary alicyclic amines) is 1. The summed E-state index contributed by atoms with van der Waals surface area (Å²) in [7, 11) is 0. The quantitative estimate of drug-likeness (QED) is 0.739. The van der Waals surface area contributed by atoms with Crippen molar-refractivity contribution >= 4 is 23.6 Å². The Bertz CT molecular complexity index is 281. The first-order chi connectivity index (χ1) is 8.02. The molecule has 0 bridgehead atoms. The standard InChI is InChI=1S/C12H21NO3S/c1-9(2)5-7-17-8-11(14)13-6-3-4-10(13)12(15)16/h9-10H,3-8H2,1-2H3,(H,15,16). The third-order valence-electron chi connectivity index (χ3n) is 2.92. The molecule has 0 aromatic carbocycles. The summed E-state index contributed by atoms with van der Waals surface area (Å²) >= 11 is 1.61. The fraction of sp³-hybridized carbons (Fsp3) is 0.833. The van der Waals surface area contributed by atoms with Crippen LogP contribution >= 0.6 is 11.8 Å². The zero-order valence-corrected chi connectivity index (χ0v) is 11.3. The Hall–Kier alpha value is -0.710. The first kappa shape index (κ1) is 14.4. The van der Waals surface area contributed by atoms with Crippen molar-refractivity contribution in [1.82, 2.24) is 4.90 Å². The van der Waals surface area contributed by atoms with E-state index >= 15 is 0 Å². The highest BCUT2D eigenvalue weighted by Gasteiger charge is 2.33. The lowest BCUT2D eigenvalue weighted by molar-refractivity contribution is -0.147. The number of carboxylic acids is 1. The van der Waals surface area contributed by atoms with Crippen LogP contribution in [0.15, 0.2) is 0 Å². The molecule has 0 aromatic rings. The lowest BCUT2D eigenvalue weighted by atomic mass is 10.2. The molecule has 5 heteroatoms. The van der Waals surface area contributed by atoms with E-state index in [-0.39, 0.29) is 5.91 Å². The minimum Gasteiger partial charge on any atom is -0.480 e. The molecule has 1 aliphatic rings. The van der Waals surface area contributed by atoms with Crippen LogP contribution in [-0.2, 0) is 9.59 Å². The van der Waals surface area contributed by atoms with Gasteiger partial charge in [-0.05, 0) is 30.9 Å². The Balaban J connectivity index is 2.29. The molecule has 0 aromatic heterocycles. The summed E-state index contributed by atoms with van der Waals surface area (Å²) in [6, 6.07) is -0.590. The number of carbonyl (C=O) groups is 2. The summed E-state index contributed by atoms with van der Waals surface area (Å²) in [5.74, 6) is 1.13. The average molecular weight is 259 g/mol. The van der Waals surface area contributed by atoms with Gasteiger partial charge in [-0.1, -0.05) is 13.8 Å². The minimum atomic E-state index is -0.872. The van der Waals surface area contributed by atoms with E-state index in [2.05, 4.69) is 13.8 Å². The van der Waals surface area contributed by atoms with Gasteiger partial charge in [0.25, 0.3) is 0 Å². The number of amides is 1. The average Bonchev–Trinajstić information content (AvgIpc) is 2.72. The van der Waals surface area contributed by atoms with Crippen LogP contribution in [0.4, 0.5) is 0 Å². The molecule has 98 valence electrons. The van der Waals surface area contributed by atoms with Gasteiger partial charge in [0.05, 0.1) is 5.75 Å². The van der Waals surface area contributed by atoms with Gasteiger partial charge in [0.2, 0.25) is 5.91 Å².